The van der Waals surface area contributed by atoms with Gasteiger partial charge in [0.25, 0.3) is 0 Å². The standard InChI is InChI=1S/C9H19NO2S2.K/c11-7-3-1-5-10(9(13)14)6-2-4-8-12;/h11-12H,1-8H2,(H,13,14);/q;+1/p-1. The predicted octanol–water partition coefficient (Wildman–Crippen LogP) is -2.33. The Morgan fingerprint density at radius 1 is 1.00 bits per heavy atom. The Balaban J connectivity index is 0. The molecule has 0 aliphatic rings. The molecule has 0 aliphatic heterocycles. The largest absolute Gasteiger partial charge is 1.00 e. The van der Waals surface area contributed by atoms with E-state index in [0.29, 0.717) is 4.32 Å². The number of aliphatic hydroxyl groups excluding tert-OH is 2. The van der Waals surface area contributed by atoms with Gasteiger partial charge >= 0.3 is 51.4 Å². The molecule has 0 aromatic rings. The maximum Gasteiger partial charge on any atom is 1.00 e. The topological polar surface area (TPSA) is 43.7 Å². The first-order chi connectivity index (χ1) is 6.72. The number of hydrogen-bond donors (Lipinski definition) is 2. The van der Waals surface area contributed by atoms with Crippen LogP contribution in [-0.2, 0) is 12.6 Å². The molecule has 0 unspecified atom stereocenters. The average molecular weight is 275 g/mol. The Kier molecular flexibility index (Phi) is 17.4. The van der Waals surface area contributed by atoms with Crippen molar-refractivity contribution in [3.63, 3.8) is 0 Å². The summed E-state index contributed by atoms with van der Waals surface area (Å²) in [7, 11) is 0. The van der Waals surface area contributed by atoms with E-state index in [1.807, 2.05) is 4.90 Å². The summed E-state index contributed by atoms with van der Waals surface area (Å²) in [5.41, 5.74) is 0. The van der Waals surface area contributed by atoms with Crippen molar-refractivity contribution in [1.82, 2.24) is 4.90 Å². The minimum Gasteiger partial charge on any atom is -0.411 e. The number of hydrogen-bond acceptors (Lipinski definition) is 4. The molecule has 0 radical (unpaired) electrons. The first kappa shape index (κ1) is 19.0. The van der Waals surface area contributed by atoms with Gasteiger partial charge in [0.15, 0.2) is 0 Å². The van der Waals surface area contributed by atoms with Crippen molar-refractivity contribution in [2.24, 2.45) is 0 Å². The van der Waals surface area contributed by atoms with Gasteiger partial charge in [-0.25, -0.2) is 0 Å². The Morgan fingerprint density at radius 2 is 1.40 bits per heavy atom. The smallest absolute Gasteiger partial charge is 0.411 e. The Labute approximate surface area is 145 Å². The van der Waals surface area contributed by atoms with Gasteiger partial charge in [0.05, 0.1) is 0 Å². The normalized spacial score (nSPS) is 9.47. The molecule has 0 rings (SSSR count). The first-order valence-electron chi connectivity index (χ1n) is 4.90. The van der Waals surface area contributed by atoms with Crippen LogP contribution in [0.25, 0.3) is 0 Å². The third-order valence-corrected chi connectivity index (χ3v) is 2.45. The number of aliphatic hydroxyl groups is 2. The number of rotatable bonds is 8. The van der Waals surface area contributed by atoms with Crippen LogP contribution >= 0.6 is 12.2 Å². The zero-order valence-electron chi connectivity index (χ0n) is 9.31. The van der Waals surface area contributed by atoms with Crippen LogP contribution < -0.4 is 51.4 Å². The van der Waals surface area contributed by atoms with E-state index in [1.165, 1.54) is 0 Å². The van der Waals surface area contributed by atoms with Crippen molar-refractivity contribution in [3.05, 3.63) is 0 Å². The zero-order valence-corrected chi connectivity index (χ0v) is 14.1. The van der Waals surface area contributed by atoms with Crippen LogP contribution in [0.3, 0.4) is 0 Å². The van der Waals surface area contributed by atoms with Gasteiger partial charge in [-0.15, -0.1) is 0 Å². The van der Waals surface area contributed by atoms with Gasteiger partial charge in [-0.05, 0) is 25.7 Å². The van der Waals surface area contributed by atoms with Gasteiger partial charge in [0, 0.05) is 26.3 Å². The van der Waals surface area contributed by atoms with Crippen LogP contribution in [-0.4, -0.2) is 45.7 Å². The van der Waals surface area contributed by atoms with Crippen LogP contribution in [0.15, 0.2) is 0 Å². The molecule has 3 nitrogen and oxygen atoms in total. The van der Waals surface area contributed by atoms with Crippen molar-refractivity contribution in [2.45, 2.75) is 25.7 Å². The molecule has 0 saturated heterocycles. The quantitative estimate of drug-likeness (QED) is 0.225. The maximum absolute atomic E-state index is 8.62. The van der Waals surface area contributed by atoms with E-state index in [-0.39, 0.29) is 64.6 Å². The molecule has 0 aromatic carbocycles. The first-order valence-corrected chi connectivity index (χ1v) is 5.71. The molecule has 84 valence electrons. The van der Waals surface area contributed by atoms with Gasteiger partial charge in [0.1, 0.15) is 0 Å². The summed E-state index contributed by atoms with van der Waals surface area (Å²) in [5.74, 6) is 0. The summed E-state index contributed by atoms with van der Waals surface area (Å²) in [6.45, 7) is 2.06. The van der Waals surface area contributed by atoms with E-state index < -0.39 is 0 Å². The molecule has 6 heteroatoms. The molecular formula is C9H18KNO2S2. The van der Waals surface area contributed by atoms with E-state index in [1.54, 1.807) is 0 Å². The number of nitrogens with zero attached hydrogens (tertiary/aromatic N) is 1. The van der Waals surface area contributed by atoms with E-state index in [4.69, 9.17) is 35.1 Å². The third-order valence-electron chi connectivity index (χ3n) is 1.93. The van der Waals surface area contributed by atoms with Crippen LogP contribution in [0.1, 0.15) is 25.7 Å². The number of thiocarbonyl (C=S) groups is 1. The van der Waals surface area contributed by atoms with E-state index in [9.17, 15) is 0 Å². The molecular weight excluding hydrogens is 257 g/mol. The second-order valence-electron chi connectivity index (χ2n) is 3.11. The molecule has 0 aliphatic carbocycles. The van der Waals surface area contributed by atoms with Crippen molar-refractivity contribution >= 4 is 29.2 Å². The van der Waals surface area contributed by atoms with Gasteiger partial charge in [0.2, 0.25) is 0 Å². The van der Waals surface area contributed by atoms with Crippen molar-refractivity contribution in [1.29, 1.82) is 0 Å². The summed E-state index contributed by atoms with van der Waals surface area (Å²) in [5, 5.41) is 17.2. The van der Waals surface area contributed by atoms with Crippen LogP contribution in [0.2, 0.25) is 0 Å². The predicted molar refractivity (Wildman–Crippen MR) is 64.2 cm³/mol. The third kappa shape index (κ3) is 11.9. The summed E-state index contributed by atoms with van der Waals surface area (Å²) >= 11 is 9.86. The molecule has 15 heavy (non-hydrogen) atoms. The minimum atomic E-state index is 0. The van der Waals surface area contributed by atoms with Crippen LogP contribution in [0.4, 0.5) is 0 Å². The van der Waals surface area contributed by atoms with Crippen molar-refractivity contribution in [2.75, 3.05) is 26.3 Å². The number of unbranched alkanes of at least 4 members (excludes halogenated alkanes) is 2. The van der Waals surface area contributed by atoms with Gasteiger partial charge in [-0.3, -0.25) is 0 Å². The minimum absolute atomic E-state index is 0. The molecule has 0 amide bonds. The SMILES string of the molecule is OCCCCN(CCCCO)C(=S)[S-].[K+]. The molecule has 0 spiro atoms. The summed E-state index contributed by atoms with van der Waals surface area (Å²) < 4.78 is 0.487. The molecule has 0 bridgehead atoms. The Morgan fingerprint density at radius 3 is 1.67 bits per heavy atom. The van der Waals surface area contributed by atoms with E-state index >= 15 is 0 Å². The van der Waals surface area contributed by atoms with Crippen molar-refractivity contribution in [3.8, 4) is 0 Å². The van der Waals surface area contributed by atoms with Gasteiger partial charge in [-0.2, -0.15) is 0 Å². The molecule has 0 saturated carbocycles. The average Bonchev–Trinajstić information content (AvgIpc) is 2.15. The molecule has 2 N–H and O–H groups in total. The summed E-state index contributed by atoms with van der Waals surface area (Å²) in [6.07, 6.45) is 3.39. The molecule has 0 atom stereocenters. The van der Waals surface area contributed by atoms with Gasteiger partial charge < -0.3 is 40.0 Å². The molecule has 0 aromatic heterocycles. The van der Waals surface area contributed by atoms with E-state index in [0.717, 1.165) is 38.8 Å². The fourth-order valence-electron chi connectivity index (χ4n) is 1.12. The Hall–Kier alpha value is 1.67. The van der Waals surface area contributed by atoms with E-state index in [2.05, 4.69) is 0 Å². The fraction of sp³-hybridized carbons (Fsp3) is 0.889. The monoisotopic (exact) mass is 275 g/mol. The maximum atomic E-state index is 8.62. The zero-order chi connectivity index (χ0) is 10.8. The fourth-order valence-corrected chi connectivity index (χ4v) is 1.49. The summed E-state index contributed by atoms with van der Waals surface area (Å²) in [6, 6.07) is 0. The van der Waals surface area contributed by atoms with Crippen LogP contribution in [0, 0.1) is 0 Å². The molecule has 0 fully saturated rings. The molecule has 0 heterocycles. The second kappa shape index (κ2) is 13.7. The second-order valence-corrected chi connectivity index (χ2v) is 4.15. The van der Waals surface area contributed by atoms with Crippen molar-refractivity contribution < 1.29 is 61.6 Å². The van der Waals surface area contributed by atoms with Gasteiger partial charge in [-0.1, -0.05) is 4.32 Å². The summed E-state index contributed by atoms with van der Waals surface area (Å²) in [4.78, 5) is 1.95. The Bertz CT molecular complexity index is 151. The van der Waals surface area contributed by atoms with Crippen LogP contribution in [0.5, 0.6) is 0 Å².